The summed E-state index contributed by atoms with van der Waals surface area (Å²) in [5, 5.41) is 6.83. The molecule has 1 aromatic heterocycles. The molecule has 3 rings (SSSR count). The zero-order valence-electron chi connectivity index (χ0n) is 11.6. The Labute approximate surface area is 132 Å². The van der Waals surface area contributed by atoms with Gasteiger partial charge in [0.05, 0.1) is 11.4 Å². The maximum atomic E-state index is 11.1. The summed E-state index contributed by atoms with van der Waals surface area (Å²) in [4.78, 5) is -0.145. The topological polar surface area (TPSA) is 120 Å². The highest BCUT2D eigenvalue weighted by Gasteiger charge is 2.21. The molecule has 9 heteroatoms. The fraction of sp³-hybridized carbons (Fsp3) is 0.231. The maximum absolute atomic E-state index is 11.1. The van der Waals surface area contributed by atoms with E-state index in [1.165, 1.54) is 23.5 Å². The van der Waals surface area contributed by atoms with Crippen LogP contribution in [-0.4, -0.2) is 32.2 Å². The zero-order valence-corrected chi connectivity index (χ0v) is 13.2. The van der Waals surface area contributed by atoms with Crippen molar-refractivity contribution in [2.75, 3.05) is 18.5 Å². The lowest BCUT2D eigenvalue weighted by Gasteiger charge is -2.25. The molecular formula is C13H16N2O5S2. The van der Waals surface area contributed by atoms with Gasteiger partial charge in [0.25, 0.3) is 10.1 Å². The molecule has 0 aliphatic carbocycles. The molecule has 120 valence electrons. The van der Waals surface area contributed by atoms with E-state index < -0.39 is 10.1 Å². The highest BCUT2D eigenvalue weighted by Crippen LogP contribution is 2.35. The first kappa shape index (κ1) is 16.6. The van der Waals surface area contributed by atoms with Crippen molar-refractivity contribution in [1.82, 2.24) is 6.15 Å². The Hall–Kier alpha value is -1.81. The van der Waals surface area contributed by atoms with Crippen molar-refractivity contribution in [3.8, 4) is 11.5 Å². The highest BCUT2D eigenvalue weighted by molar-refractivity contribution is 7.85. The molecule has 0 fully saturated rings. The number of hydrogen-bond acceptors (Lipinski definition) is 7. The predicted molar refractivity (Wildman–Crippen MR) is 84.0 cm³/mol. The average Bonchev–Trinajstić information content (AvgIpc) is 2.92. The van der Waals surface area contributed by atoms with Gasteiger partial charge in [0.1, 0.15) is 12.7 Å². The van der Waals surface area contributed by atoms with Crippen LogP contribution < -0.4 is 20.9 Å². The number of anilines is 1. The number of rotatable bonds is 4. The predicted octanol–water partition coefficient (Wildman–Crippen LogP) is 2.41. The van der Waals surface area contributed by atoms with Gasteiger partial charge in [-0.3, -0.25) is 4.55 Å². The number of hydrogen-bond donors (Lipinski definition) is 3. The Morgan fingerprint density at radius 3 is 2.86 bits per heavy atom. The molecule has 5 N–H and O–H groups in total. The summed E-state index contributed by atoms with van der Waals surface area (Å²) in [6.45, 7) is 0.888. The molecule has 2 heterocycles. The number of benzene rings is 1. The third-order valence-corrected chi connectivity index (χ3v) is 4.53. The molecule has 1 aliphatic heterocycles. The quantitative estimate of drug-likeness (QED) is 0.728. The Bertz CT molecular complexity index is 744. The minimum atomic E-state index is -4.20. The fourth-order valence-corrected chi connectivity index (χ4v) is 3.16. The van der Waals surface area contributed by atoms with Crippen LogP contribution in [0.15, 0.2) is 39.9 Å². The molecule has 0 amide bonds. The first-order chi connectivity index (χ1) is 10.0. The Morgan fingerprint density at radius 1 is 1.32 bits per heavy atom. The lowest BCUT2D eigenvalue weighted by Crippen LogP contribution is -2.34. The first-order valence-corrected chi connectivity index (χ1v) is 8.58. The molecule has 22 heavy (non-hydrogen) atoms. The van der Waals surface area contributed by atoms with Crippen molar-refractivity contribution in [3.63, 3.8) is 0 Å². The van der Waals surface area contributed by atoms with E-state index in [1.54, 1.807) is 12.1 Å². The molecule has 1 atom stereocenters. The summed E-state index contributed by atoms with van der Waals surface area (Å²) in [6, 6.07) is 5.97. The van der Waals surface area contributed by atoms with Crippen LogP contribution in [0.2, 0.25) is 0 Å². The van der Waals surface area contributed by atoms with Crippen molar-refractivity contribution in [3.05, 3.63) is 35.0 Å². The van der Waals surface area contributed by atoms with Gasteiger partial charge in [-0.2, -0.15) is 8.42 Å². The van der Waals surface area contributed by atoms with Gasteiger partial charge in [-0.15, -0.1) is 11.3 Å². The highest BCUT2D eigenvalue weighted by atomic mass is 32.2. The molecule has 7 nitrogen and oxygen atoms in total. The van der Waals surface area contributed by atoms with Gasteiger partial charge in [0, 0.05) is 16.4 Å². The lowest BCUT2D eigenvalue weighted by atomic mass is 10.3. The van der Waals surface area contributed by atoms with Crippen LogP contribution in [0.1, 0.15) is 0 Å². The fourth-order valence-electron chi connectivity index (χ4n) is 1.96. The number of ether oxygens (including phenoxy) is 2. The van der Waals surface area contributed by atoms with Gasteiger partial charge in [-0.1, -0.05) is 6.07 Å². The molecule has 0 bridgehead atoms. The minimum absolute atomic E-state index is 0. The van der Waals surface area contributed by atoms with E-state index in [4.69, 9.17) is 14.0 Å². The Morgan fingerprint density at radius 2 is 2.09 bits per heavy atom. The first-order valence-electron chi connectivity index (χ1n) is 6.19. The largest absolute Gasteiger partial charge is 0.485 e. The van der Waals surface area contributed by atoms with Gasteiger partial charge in [-0.05, 0) is 18.2 Å². The SMILES string of the molecule is N.O=S(=O)(O)c1cccc(NCC2COc3cscc3O2)c1. The Kier molecular flexibility index (Phi) is 4.91. The molecule has 0 spiro atoms. The van der Waals surface area contributed by atoms with Crippen LogP contribution in [0, 0.1) is 0 Å². The van der Waals surface area contributed by atoms with Crippen molar-refractivity contribution >= 4 is 27.1 Å². The normalized spacial score (nSPS) is 16.7. The van der Waals surface area contributed by atoms with Gasteiger partial charge in [-0.25, -0.2) is 0 Å². The van der Waals surface area contributed by atoms with E-state index in [1.807, 2.05) is 10.8 Å². The number of nitrogens with one attached hydrogen (secondary N) is 1. The van der Waals surface area contributed by atoms with Crippen LogP contribution in [-0.2, 0) is 10.1 Å². The minimum Gasteiger partial charge on any atom is -0.485 e. The van der Waals surface area contributed by atoms with Gasteiger partial charge in [0.15, 0.2) is 11.5 Å². The summed E-state index contributed by atoms with van der Waals surface area (Å²) in [5.74, 6) is 1.48. The molecule has 0 radical (unpaired) electrons. The summed E-state index contributed by atoms with van der Waals surface area (Å²) >= 11 is 1.51. The second-order valence-electron chi connectivity index (χ2n) is 4.53. The van der Waals surface area contributed by atoms with Gasteiger partial charge >= 0.3 is 0 Å². The van der Waals surface area contributed by atoms with Gasteiger partial charge < -0.3 is 20.9 Å². The smallest absolute Gasteiger partial charge is 0.294 e. The molecular weight excluding hydrogens is 328 g/mol. The monoisotopic (exact) mass is 344 g/mol. The summed E-state index contributed by atoms with van der Waals surface area (Å²) in [7, 11) is -4.20. The Balaban J connectivity index is 0.00000176. The number of thiophene rings is 1. The molecule has 1 aliphatic rings. The van der Waals surface area contributed by atoms with Crippen LogP contribution in [0.5, 0.6) is 11.5 Å². The van der Waals surface area contributed by atoms with Crippen molar-refractivity contribution in [2.24, 2.45) is 0 Å². The summed E-state index contributed by atoms with van der Waals surface area (Å²) in [5.41, 5.74) is 0.588. The van der Waals surface area contributed by atoms with Crippen molar-refractivity contribution in [1.29, 1.82) is 0 Å². The van der Waals surface area contributed by atoms with Crippen LogP contribution in [0.4, 0.5) is 5.69 Å². The second-order valence-corrected chi connectivity index (χ2v) is 6.70. The van der Waals surface area contributed by atoms with Crippen LogP contribution in [0.3, 0.4) is 0 Å². The molecule has 1 aromatic carbocycles. The van der Waals surface area contributed by atoms with E-state index in [-0.39, 0.29) is 17.1 Å². The lowest BCUT2D eigenvalue weighted by molar-refractivity contribution is 0.101. The molecule has 0 saturated carbocycles. The second kappa shape index (κ2) is 6.53. The van der Waals surface area contributed by atoms with E-state index in [9.17, 15) is 8.42 Å². The third kappa shape index (κ3) is 3.69. The maximum Gasteiger partial charge on any atom is 0.294 e. The van der Waals surface area contributed by atoms with E-state index >= 15 is 0 Å². The standard InChI is InChI=1S/C13H13NO5S2.H3N/c15-21(16,17)11-3-1-2-9(4-11)14-5-10-6-18-12-7-20-8-13(12)19-10;/h1-4,7-8,10,14H,5-6H2,(H,15,16,17);1H3. The van der Waals surface area contributed by atoms with E-state index in [0.29, 0.717) is 18.8 Å². The van der Waals surface area contributed by atoms with E-state index in [2.05, 4.69) is 5.32 Å². The summed E-state index contributed by atoms with van der Waals surface area (Å²) in [6.07, 6.45) is -0.165. The third-order valence-electron chi connectivity index (χ3n) is 2.98. The van der Waals surface area contributed by atoms with Crippen LogP contribution >= 0.6 is 11.3 Å². The van der Waals surface area contributed by atoms with Crippen molar-refractivity contribution < 1.29 is 22.4 Å². The molecule has 2 aromatic rings. The van der Waals surface area contributed by atoms with E-state index in [0.717, 1.165) is 11.5 Å². The van der Waals surface area contributed by atoms with Crippen molar-refractivity contribution in [2.45, 2.75) is 11.0 Å². The average molecular weight is 344 g/mol. The van der Waals surface area contributed by atoms with Crippen LogP contribution in [0.25, 0.3) is 0 Å². The summed E-state index contributed by atoms with van der Waals surface area (Å²) < 4.78 is 42.5. The molecule has 0 saturated heterocycles. The number of fused-ring (bicyclic) bond motifs is 1. The zero-order chi connectivity index (χ0) is 14.9. The van der Waals surface area contributed by atoms with Gasteiger partial charge in [0.2, 0.25) is 0 Å². The molecule has 1 unspecified atom stereocenters.